The summed E-state index contributed by atoms with van der Waals surface area (Å²) in [6, 6.07) is 0. The summed E-state index contributed by atoms with van der Waals surface area (Å²) in [5, 5.41) is 9.65. The zero-order valence-corrected chi connectivity index (χ0v) is 37.6. The van der Waals surface area contributed by atoms with Crippen molar-refractivity contribution in [2.45, 2.75) is 241 Å². The van der Waals surface area contributed by atoms with Gasteiger partial charge in [-0.25, -0.2) is 0 Å². The minimum Gasteiger partial charge on any atom is -0.465 e. The Kier molecular flexibility index (Phi) is 35.5. The Hall–Kier alpha value is -1.14. The van der Waals surface area contributed by atoms with Gasteiger partial charge in [0, 0.05) is 13.0 Å². The Labute approximate surface area is 337 Å². The molecule has 0 aliphatic heterocycles. The first-order chi connectivity index (χ1) is 26.0. The van der Waals surface area contributed by atoms with E-state index in [1.54, 1.807) is 0 Å². The molecule has 0 aromatic carbocycles. The Morgan fingerprint density at radius 2 is 0.981 bits per heavy atom. The molecule has 0 saturated carbocycles. The van der Waals surface area contributed by atoms with Crippen LogP contribution in [0.4, 0.5) is 0 Å². The zero-order valence-electron chi connectivity index (χ0n) is 37.6. The molecule has 6 heteroatoms. The Bertz CT molecular complexity index is 829. The number of rotatable bonds is 41. The third-order valence-electron chi connectivity index (χ3n) is 11.6. The van der Waals surface area contributed by atoms with Crippen LogP contribution in [0, 0.1) is 16.7 Å². The van der Waals surface area contributed by atoms with Gasteiger partial charge in [0.1, 0.15) is 0 Å². The van der Waals surface area contributed by atoms with Crippen molar-refractivity contribution in [2.24, 2.45) is 16.7 Å². The molecule has 6 nitrogen and oxygen atoms in total. The van der Waals surface area contributed by atoms with Crippen LogP contribution in [0.1, 0.15) is 241 Å². The largest absolute Gasteiger partial charge is 0.465 e. The zero-order chi connectivity index (χ0) is 40.2. The number of hydrogen-bond acceptors (Lipinski definition) is 6. The summed E-state index contributed by atoms with van der Waals surface area (Å²) < 4.78 is 11.5. The average Bonchev–Trinajstić information content (AvgIpc) is 3.14. The van der Waals surface area contributed by atoms with Crippen LogP contribution >= 0.6 is 0 Å². The summed E-state index contributed by atoms with van der Waals surface area (Å²) in [6.07, 6.45) is 35.6. The lowest BCUT2D eigenvalue weighted by molar-refractivity contribution is -0.154. The monoisotopic (exact) mass is 766 g/mol. The van der Waals surface area contributed by atoms with Crippen LogP contribution in [-0.2, 0) is 19.1 Å². The molecule has 0 aliphatic carbocycles. The summed E-state index contributed by atoms with van der Waals surface area (Å²) in [4.78, 5) is 28.0. The van der Waals surface area contributed by atoms with Crippen LogP contribution in [0.3, 0.4) is 0 Å². The van der Waals surface area contributed by atoms with E-state index in [-0.39, 0.29) is 24.0 Å². The smallest absolute Gasteiger partial charge is 0.311 e. The molecular weight excluding hydrogens is 671 g/mol. The quantitative estimate of drug-likeness (QED) is 0.0493. The summed E-state index contributed by atoms with van der Waals surface area (Å²) in [5.41, 5.74) is -0.419. The van der Waals surface area contributed by atoms with Crippen molar-refractivity contribution in [2.75, 3.05) is 39.5 Å². The van der Waals surface area contributed by atoms with E-state index in [1.807, 2.05) is 13.8 Å². The molecule has 322 valence electrons. The number of unbranched alkanes of at least 4 members (excludes halogenated alkanes) is 20. The number of nitrogens with zero attached hydrogens (tertiary/aromatic N) is 1. The first-order valence-corrected chi connectivity index (χ1v) is 23.7. The number of carbonyl (C=O) groups is 2. The van der Waals surface area contributed by atoms with Crippen molar-refractivity contribution in [3.05, 3.63) is 0 Å². The van der Waals surface area contributed by atoms with Gasteiger partial charge in [-0.1, -0.05) is 176 Å². The lowest BCUT2D eigenvalue weighted by Crippen LogP contribution is -2.29. The van der Waals surface area contributed by atoms with E-state index in [0.717, 1.165) is 90.3 Å². The number of aliphatic hydroxyl groups excluding tert-OH is 1. The minimum absolute atomic E-state index is 0.00500. The van der Waals surface area contributed by atoms with Gasteiger partial charge in [0.15, 0.2) is 0 Å². The van der Waals surface area contributed by atoms with Crippen molar-refractivity contribution in [1.29, 1.82) is 0 Å². The Morgan fingerprint density at radius 3 is 1.52 bits per heavy atom. The molecule has 0 rings (SSSR count). The van der Waals surface area contributed by atoms with Gasteiger partial charge >= 0.3 is 11.9 Å². The van der Waals surface area contributed by atoms with E-state index in [0.29, 0.717) is 25.6 Å². The molecule has 0 aromatic heterocycles. The van der Waals surface area contributed by atoms with Crippen LogP contribution in [0.25, 0.3) is 0 Å². The Morgan fingerprint density at radius 1 is 0.537 bits per heavy atom. The van der Waals surface area contributed by atoms with Gasteiger partial charge in [0.05, 0.1) is 25.2 Å². The second-order valence-corrected chi connectivity index (χ2v) is 18.3. The van der Waals surface area contributed by atoms with Crippen molar-refractivity contribution in [1.82, 2.24) is 4.90 Å². The molecule has 0 aromatic rings. The molecule has 54 heavy (non-hydrogen) atoms. The average molecular weight is 766 g/mol. The maximum Gasteiger partial charge on any atom is 0.311 e. The van der Waals surface area contributed by atoms with E-state index in [4.69, 9.17) is 9.47 Å². The lowest BCUT2D eigenvalue weighted by atomic mass is 9.87. The van der Waals surface area contributed by atoms with Gasteiger partial charge in [-0.2, -0.15) is 0 Å². The van der Waals surface area contributed by atoms with Crippen molar-refractivity contribution < 1.29 is 24.2 Å². The van der Waals surface area contributed by atoms with Crippen LogP contribution in [0.2, 0.25) is 0 Å². The third-order valence-corrected chi connectivity index (χ3v) is 11.6. The van der Waals surface area contributed by atoms with Crippen LogP contribution in [0.15, 0.2) is 0 Å². The van der Waals surface area contributed by atoms with E-state index >= 15 is 0 Å². The summed E-state index contributed by atoms with van der Waals surface area (Å²) in [5.74, 6) is 0.438. The predicted octanol–water partition coefficient (Wildman–Crippen LogP) is 13.8. The standard InChI is InChI=1S/C48H95NO5/c1-8-11-14-17-18-19-24-32-41-53-46(52)48(6,7)36-29-22-23-30-37-49(39-40-50)38-31-25-28-35-47(4,5)43-54-45(51)42-44(33-26-20-15-12-9-2)34-27-21-16-13-10-3/h44,50H,8-43H2,1-7H3. The maximum absolute atomic E-state index is 12.9. The van der Waals surface area contributed by atoms with E-state index < -0.39 is 5.41 Å². The Balaban J connectivity index is 4.23. The predicted molar refractivity (Wildman–Crippen MR) is 232 cm³/mol. The fraction of sp³-hybridized carbons (Fsp3) is 0.958. The second-order valence-electron chi connectivity index (χ2n) is 18.3. The van der Waals surface area contributed by atoms with Gasteiger partial charge in [-0.3, -0.25) is 9.59 Å². The van der Waals surface area contributed by atoms with Crippen molar-refractivity contribution in [3.63, 3.8) is 0 Å². The van der Waals surface area contributed by atoms with Gasteiger partial charge in [0.25, 0.3) is 0 Å². The summed E-state index contributed by atoms with van der Waals surface area (Å²) >= 11 is 0. The number of hydrogen-bond donors (Lipinski definition) is 1. The molecule has 0 unspecified atom stereocenters. The molecule has 0 radical (unpaired) electrons. The molecule has 0 aliphatic rings. The first-order valence-electron chi connectivity index (χ1n) is 23.7. The highest BCUT2D eigenvalue weighted by Crippen LogP contribution is 2.28. The fourth-order valence-electron chi connectivity index (χ4n) is 7.61. The fourth-order valence-corrected chi connectivity index (χ4v) is 7.61. The molecule has 0 bridgehead atoms. The van der Waals surface area contributed by atoms with Crippen molar-refractivity contribution in [3.8, 4) is 0 Å². The number of carbonyl (C=O) groups excluding carboxylic acids is 2. The normalized spacial score (nSPS) is 12.3. The molecule has 0 atom stereocenters. The van der Waals surface area contributed by atoms with Gasteiger partial charge in [-0.15, -0.1) is 0 Å². The SMILES string of the molecule is CCCCCCCCCCOC(=O)C(C)(C)CCCCCCN(CCO)CCCCCC(C)(C)COC(=O)CC(CCCCCCC)CCCCCCC. The summed E-state index contributed by atoms with van der Waals surface area (Å²) in [6.45, 7) is 19.4. The second kappa shape index (κ2) is 36.2. The molecule has 0 spiro atoms. The van der Waals surface area contributed by atoms with E-state index in [1.165, 1.54) is 116 Å². The highest BCUT2D eigenvalue weighted by Gasteiger charge is 2.28. The highest BCUT2D eigenvalue weighted by molar-refractivity contribution is 5.75. The topological polar surface area (TPSA) is 76.1 Å². The number of ether oxygens (including phenoxy) is 2. The molecule has 0 saturated heterocycles. The van der Waals surface area contributed by atoms with Crippen LogP contribution in [0.5, 0.6) is 0 Å². The van der Waals surface area contributed by atoms with Crippen LogP contribution in [-0.4, -0.2) is 61.4 Å². The van der Waals surface area contributed by atoms with Gasteiger partial charge in [0.2, 0.25) is 0 Å². The van der Waals surface area contributed by atoms with Gasteiger partial charge < -0.3 is 19.5 Å². The third kappa shape index (κ3) is 33.0. The minimum atomic E-state index is -0.414. The molecule has 0 fully saturated rings. The molecule has 0 heterocycles. The maximum atomic E-state index is 12.9. The van der Waals surface area contributed by atoms with Crippen LogP contribution < -0.4 is 0 Å². The first kappa shape index (κ1) is 52.9. The van der Waals surface area contributed by atoms with E-state index in [2.05, 4.69) is 39.5 Å². The molecule has 0 amide bonds. The summed E-state index contributed by atoms with van der Waals surface area (Å²) in [7, 11) is 0. The van der Waals surface area contributed by atoms with E-state index in [9.17, 15) is 14.7 Å². The highest BCUT2D eigenvalue weighted by atomic mass is 16.5. The van der Waals surface area contributed by atoms with Gasteiger partial charge in [-0.05, 0) is 83.2 Å². The van der Waals surface area contributed by atoms with Crippen molar-refractivity contribution >= 4 is 11.9 Å². The molecule has 1 N–H and O–H groups in total. The lowest BCUT2D eigenvalue weighted by Gasteiger charge is -2.25. The molecular formula is C48H95NO5. The number of esters is 2. The number of aliphatic hydroxyl groups is 1.